The SMILES string of the molecule is CN1CCN(c2ccc(Nc3nc(N)n(-c4cc(C56C=CC(=CC5)CC6)c5c(n4)CCCN5)n3)cn2)CC1. The van der Waals surface area contributed by atoms with Crippen LogP contribution < -0.4 is 21.3 Å². The number of likely N-dealkylation sites (N-methyl/N-ethyl adjacent to an activating group) is 1. The highest BCUT2D eigenvalue weighted by Gasteiger charge is 2.38. The van der Waals surface area contributed by atoms with Crippen molar-refractivity contribution in [1.29, 1.82) is 0 Å². The molecule has 0 radical (unpaired) electrons. The van der Waals surface area contributed by atoms with Gasteiger partial charge in [-0.1, -0.05) is 23.8 Å². The van der Waals surface area contributed by atoms with Gasteiger partial charge in [-0.15, -0.1) is 5.10 Å². The maximum atomic E-state index is 6.38. The van der Waals surface area contributed by atoms with E-state index in [0.29, 0.717) is 17.7 Å². The summed E-state index contributed by atoms with van der Waals surface area (Å²) in [5, 5.41) is 11.6. The van der Waals surface area contributed by atoms with Crippen molar-refractivity contribution in [2.75, 3.05) is 61.0 Å². The van der Waals surface area contributed by atoms with Crippen LogP contribution in [0.5, 0.6) is 0 Å². The predicted molar refractivity (Wildman–Crippen MR) is 150 cm³/mol. The zero-order valence-corrected chi connectivity index (χ0v) is 21.8. The number of aromatic nitrogens is 5. The van der Waals surface area contributed by atoms with Crippen molar-refractivity contribution in [3.8, 4) is 5.82 Å². The molecular formula is C28H34N10. The molecule has 3 aromatic rings. The fraction of sp³-hybridized carbons (Fsp3) is 0.429. The van der Waals surface area contributed by atoms with Crippen LogP contribution in [0.25, 0.3) is 5.82 Å². The Hall–Kier alpha value is -3.92. The molecule has 10 heteroatoms. The third-order valence-electron chi connectivity index (χ3n) is 8.39. The highest BCUT2D eigenvalue weighted by atomic mass is 15.4. The predicted octanol–water partition coefficient (Wildman–Crippen LogP) is 3.41. The van der Waals surface area contributed by atoms with E-state index in [4.69, 9.17) is 15.8 Å². The lowest BCUT2D eigenvalue weighted by molar-refractivity contribution is 0.312. The number of fused-ring (bicyclic) bond motifs is 3. The van der Waals surface area contributed by atoms with E-state index in [-0.39, 0.29) is 5.41 Å². The lowest BCUT2D eigenvalue weighted by Crippen LogP contribution is -2.44. The number of allylic oxidation sites excluding steroid dienone is 4. The van der Waals surface area contributed by atoms with Crippen molar-refractivity contribution in [2.45, 2.75) is 37.5 Å². The van der Waals surface area contributed by atoms with E-state index in [9.17, 15) is 0 Å². The summed E-state index contributed by atoms with van der Waals surface area (Å²) in [5.41, 5.74) is 12.2. The number of rotatable bonds is 5. The first-order valence-corrected chi connectivity index (χ1v) is 13.6. The summed E-state index contributed by atoms with van der Waals surface area (Å²) in [7, 11) is 2.15. The standard InChI is InChI=1S/C28H34N10/c1-36-13-15-37(16-14-36)23-5-4-20(18-31-23)32-27-34-26(29)38(35-27)24-17-21(25-22(33-24)3-2-12-30-25)28-9-6-19(7-10-28)8-11-28/h4-7,9,17-18,30H,2-3,8,10-16H2,1H3,(H3,29,32,34,35). The Labute approximate surface area is 222 Å². The van der Waals surface area contributed by atoms with Gasteiger partial charge in [0, 0.05) is 38.1 Å². The van der Waals surface area contributed by atoms with Crippen molar-refractivity contribution >= 4 is 29.1 Å². The molecule has 10 nitrogen and oxygen atoms in total. The average molecular weight is 511 g/mol. The summed E-state index contributed by atoms with van der Waals surface area (Å²) in [6.07, 6.45) is 14.1. The minimum Gasteiger partial charge on any atom is -0.383 e. The van der Waals surface area contributed by atoms with Gasteiger partial charge in [-0.05, 0) is 62.9 Å². The van der Waals surface area contributed by atoms with Crippen LogP contribution in [0.15, 0.2) is 48.2 Å². The largest absolute Gasteiger partial charge is 0.383 e. The quantitative estimate of drug-likeness (QED) is 0.475. The smallest absolute Gasteiger partial charge is 0.248 e. The molecule has 5 aliphatic rings. The molecule has 2 bridgehead atoms. The van der Waals surface area contributed by atoms with Crippen molar-refractivity contribution in [1.82, 2.24) is 29.6 Å². The molecule has 1 atom stereocenters. The fourth-order valence-electron chi connectivity index (χ4n) is 6.08. The lowest BCUT2D eigenvalue weighted by Gasteiger charge is -2.40. The van der Waals surface area contributed by atoms with Crippen LogP contribution in [0, 0.1) is 0 Å². The van der Waals surface area contributed by atoms with E-state index >= 15 is 0 Å². The van der Waals surface area contributed by atoms with Crippen molar-refractivity contribution in [3.05, 3.63) is 59.5 Å². The molecule has 5 heterocycles. The second-order valence-electron chi connectivity index (χ2n) is 10.9. The number of nitrogens with two attached hydrogens (primary N) is 1. The van der Waals surface area contributed by atoms with Crippen molar-refractivity contribution < 1.29 is 0 Å². The molecule has 2 aliphatic heterocycles. The molecule has 0 saturated carbocycles. The molecular weight excluding hydrogens is 476 g/mol. The van der Waals surface area contributed by atoms with Gasteiger partial charge in [-0.3, -0.25) is 0 Å². The summed E-state index contributed by atoms with van der Waals surface area (Å²) < 4.78 is 1.65. The van der Waals surface area contributed by atoms with Gasteiger partial charge < -0.3 is 26.2 Å². The molecule has 38 heavy (non-hydrogen) atoms. The van der Waals surface area contributed by atoms with Crippen LogP contribution in [-0.4, -0.2) is 69.4 Å². The third-order valence-corrected chi connectivity index (χ3v) is 8.39. The minimum atomic E-state index is -0.0124. The zero-order valence-electron chi connectivity index (χ0n) is 21.8. The van der Waals surface area contributed by atoms with E-state index in [2.05, 4.69) is 61.7 Å². The second-order valence-corrected chi connectivity index (χ2v) is 10.9. The Balaban J connectivity index is 1.17. The summed E-state index contributed by atoms with van der Waals surface area (Å²) in [6.45, 7) is 5.04. The maximum absolute atomic E-state index is 6.38. The van der Waals surface area contributed by atoms with Crippen molar-refractivity contribution in [3.63, 3.8) is 0 Å². The van der Waals surface area contributed by atoms with Gasteiger partial charge in [0.25, 0.3) is 0 Å². The number of hydrogen-bond donors (Lipinski definition) is 3. The van der Waals surface area contributed by atoms with Gasteiger partial charge in [0.1, 0.15) is 5.82 Å². The van der Waals surface area contributed by atoms with Crippen LogP contribution in [0.1, 0.15) is 36.9 Å². The van der Waals surface area contributed by atoms with E-state index in [1.807, 2.05) is 18.3 Å². The molecule has 8 rings (SSSR count). The van der Waals surface area contributed by atoms with Gasteiger partial charge in [-0.2, -0.15) is 9.67 Å². The first-order chi connectivity index (χ1) is 18.6. The molecule has 3 aromatic heterocycles. The normalized spacial score (nSPS) is 22.7. The van der Waals surface area contributed by atoms with Crippen molar-refractivity contribution in [2.24, 2.45) is 0 Å². The average Bonchev–Trinajstić information content (AvgIpc) is 3.34. The van der Waals surface area contributed by atoms with Gasteiger partial charge >= 0.3 is 0 Å². The number of piperazine rings is 1. The van der Waals surface area contributed by atoms with Crippen LogP contribution >= 0.6 is 0 Å². The Morgan fingerprint density at radius 3 is 2.71 bits per heavy atom. The van der Waals surface area contributed by atoms with Crippen LogP contribution in [0.3, 0.4) is 0 Å². The van der Waals surface area contributed by atoms with Gasteiger partial charge in [-0.25, -0.2) is 9.97 Å². The van der Waals surface area contributed by atoms with E-state index in [0.717, 1.165) is 82.0 Å². The second kappa shape index (κ2) is 9.13. The van der Waals surface area contributed by atoms with Crippen LogP contribution in [0.2, 0.25) is 0 Å². The summed E-state index contributed by atoms with van der Waals surface area (Å²) in [4.78, 5) is 18.8. The maximum Gasteiger partial charge on any atom is 0.248 e. The van der Waals surface area contributed by atoms with E-state index < -0.39 is 0 Å². The topological polar surface area (TPSA) is 113 Å². The molecule has 196 valence electrons. The Bertz CT molecular complexity index is 1410. The number of nitrogens with one attached hydrogen (secondary N) is 2. The molecule has 3 aliphatic carbocycles. The van der Waals surface area contributed by atoms with Gasteiger partial charge in [0.2, 0.25) is 11.9 Å². The number of nitrogen functional groups attached to an aromatic ring is 1. The molecule has 0 amide bonds. The van der Waals surface area contributed by atoms with Gasteiger partial charge in [0.05, 0.1) is 23.3 Å². The van der Waals surface area contributed by atoms with Crippen LogP contribution in [0.4, 0.5) is 29.1 Å². The van der Waals surface area contributed by atoms with E-state index in [1.165, 1.54) is 16.8 Å². The Morgan fingerprint density at radius 1 is 1.08 bits per heavy atom. The van der Waals surface area contributed by atoms with Crippen LogP contribution in [-0.2, 0) is 11.8 Å². The fourth-order valence-corrected chi connectivity index (χ4v) is 6.08. The Kier molecular flexibility index (Phi) is 5.57. The molecule has 0 aromatic carbocycles. The highest BCUT2D eigenvalue weighted by molar-refractivity contribution is 5.65. The zero-order chi connectivity index (χ0) is 25.7. The number of hydrogen-bond acceptors (Lipinski definition) is 9. The minimum absolute atomic E-state index is 0.0124. The molecule has 1 unspecified atom stereocenters. The number of anilines is 5. The molecule has 0 spiro atoms. The lowest BCUT2D eigenvalue weighted by atomic mass is 9.65. The monoisotopic (exact) mass is 510 g/mol. The molecule has 1 fully saturated rings. The summed E-state index contributed by atoms with van der Waals surface area (Å²) in [6, 6.07) is 6.21. The summed E-state index contributed by atoms with van der Waals surface area (Å²) in [5.74, 6) is 2.44. The summed E-state index contributed by atoms with van der Waals surface area (Å²) >= 11 is 0. The van der Waals surface area contributed by atoms with Gasteiger partial charge in [0.15, 0.2) is 5.82 Å². The van der Waals surface area contributed by atoms with E-state index in [1.54, 1.807) is 4.68 Å². The number of pyridine rings is 2. The molecule has 1 saturated heterocycles. The highest BCUT2D eigenvalue weighted by Crippen LogP contribution is 2.48. The number of nitrogens with zero attached hydrogens (tertiary/aromatic N) is 7. The third kappa shape index (κ3) is 4.09. The first kappa shape index (κ1) is 23.2. The first-order valence-electron chi connectivity index (χ1n) is 13.6. The molecule has 4 N–H and O–H groups in total. The number of aryl methyl sites for hydroxylation is 1. The Morgan fingerprint density at radius 2 is 1.97 bits per heavy atom.